The molecule has 35 heavy (non-hydrogen) atoms. The molecule has 3 rings (SSSR count). The van der Waals surface area contributed by atoms with E-state index in [1.807, 2.05) is 12.1 Å². The van der Waals surface area contributed by atoms with Crippen molar-refractivity contribution in [1.29, 1.82) is 0 Å². The zero-order valence-electron chi connectivity index (χ0n) is 19.7. The summed E-state index contributed by atoms with van der Waals surface area (Å²) in [5.41, 5.74) is 1.67. The molecule has 0 heterocycles. The maximum atomic E-state index is 13.2. The molecule has 0 radical (unpaired) electrons. The van der Waals surface area contributed by atoms with Gasteiger partial charge in [-0.3, -0.25) is 9.59 Å². The molecular formula is C25H32ClN3O5S. The van der Waals surface area contributed by atoms with Crippen LogP contribution in [0.15, 0.2) is 53.4 Å². The number of sulfonamides is 1. The Morgan fingerprint density at radius 2 is 1.71 bits per heavy atom. The largest absolute Gasteiger partial charge is 0.396 e. The Kier molecular flexibility index (Phi) is 9.68. The van der Waals surface area contributed by atoms with E-state index in [-0.39, 0.29) is 42.3 Å². The first kappa shape index (κ1) is 27.1. The van der Waals surface area contributed by atoms with Crippen LogP contribution in [0.4, 0.5) is 0 Å². The van der Waals surface area contributed by atoms with E-state index < -0.39 is 16.1 Å². The van der Waals surface area contributed by atoms with Crippen LogP contribution in [0.3, 0.4) is 0 Å². The number of rotatable bonds is 13. The Morgan fingerprint density at radius 3 is 2.31 bits per heavy atom. The molecule has 3 N–H and O–H groups in total. The molecule has 1 saturated carbocycles. The van der Waals surface area contributed by atoms with Crippen LogP contribution in [0.2, 0.25) is 5.02 Å². The van der Waals surface area contributed by atoms with Crippen molar-refractivity contribution in [2.75, 3.05) is 13.2 Å². The van der Waals surface area contributed by atoms with Gasteiger partial charge in [-0.15, -0.1) is 0 Å². The van der Waals surface area contributed by atoms with E-state index in [4.69, 9.17) is 16.7 Å². The molecule has 0 aromatic heterocycles. The van der Waals surface area contributed by atoms with Crippen LogP contribution < -0.4 is 10.0 Å². The molecule has 0 unspecified atom stereocenters. The fourth-order valence-electron chi connectivity index (χ4n) is 3.53. The second-order valence-corrected chi connectivity index (χ2v) is 10.9. The van der Waals surface area contributed by atoms with E-state index in [1.165, 1.54) is 4.90 Å². The van der Waals surface area contributed by atoms with E-state index >= 15 is 0 Å². The second-order valence-electron chi connectivity index (χ2n) is 8.73. The Bertz CT molecular complexity index is 1100. The average Bonchev–Trinajstić information content (AvgIpc) is 3.65. The number of aliphatic hydroxyl groups excluding tert-OH is 1. The van der Waals surface area contributed by atoms with Crippen LogP contribution in [-0.4, -0.2) is 55.5 Å². The number of hydrogen-bond acceptors (Lipinski definition) is 5. The van der Waals surface area contributed by atoms with Crippen molar-refractivity contribution in [2.24, 2.45) is 0 Å². The van der Waals surface area contributed by atoms with Gasteiger partial charge in [0.05, 0.1) is 4.90 Å². The molecule has 0 bridgehead atoms. The Hall–Kier alpha value is -2.46. The topological polar surface area (TPSA) is 116 Å². The van der Waals surface area contributed by atoms with Crippen LogP contribution in [0, 0.1) is 0 Å². The zero-order valence-corrected chi connectivity index (χ0v) is 21.3. The molecule has 1 aliphatic carbocycles. The highest BCUT2D eigenvalue weighted by molar-refractivity contribution is 7.89. The lowest BCUT2D eigenvalue weighted by molar-refractivity contribution is -0.140. The number of benzene rings is 2. The SMILES string of the molecule is C[C@@H](C(=O)NCCCO)N(Cc1ccc(Cl)cc1)C(=O)CCc1ccc(S(=O)(=O)NC2CC2)cc1. The Morgan fingerprint density at radius 1 is 1.09 bits per heavy atom. The smallest absolute Gasteiger partial charge is 0.242 e. The highest BCUT2D eigenvalue weighted by Crippen LogP contribution is 2.22. The van der Waals surface area contributed by atoms with Gasteiger partial charge >= 0.3 is 0 Å². The minimum absolute atomic E-state index is 0.0290. The standard InChI is InChI=1S/C25H32ClN3O5S/c1-18(25(32)27-15-2-16-30)29(17-20-3-8-21(26)9-4-20)24(31)14-7-19-5-12-23(13-6-19)35(33,34)28-22-10-11-22/h3-6,8-9,12-13,18,22,28,30H,2,7,10-11,14-17H2,1H3,(H,27,32)/t18-/m0/s1. The summed E-state index contributed by atoms with van der Waals surface area (Å²) in [4.78, 5) is 27.5. The van der Waals surface area contributed by atoms with Crippen LogP contribution >= 0.6 is 11.6 Å². The Labute approximate surface area is 211 Å². The number of carbonyl (C=O) groups excluding carboxylic acids is 2. The average molecular weight is 522 g/mol. The first-order valence-electron chi connectivity index (χ1n) is 11.7. The molecule has 0 aliphatic heterocycles. The van der Waals surface area contributed by atoms with Crippen molar-refractivity contribution < 1.29 is 23.1 Å². The van der Waals surface area contributed by atoms with E-state index in [2.05, 4.69) is 10.0 Å². The van der Waals surface area contributed by atoms with Crippen LogP contribution in [0.1, 0.15) is 43.7 Å². The zero-order chi connectivity index (χ0) is 25.4. The summed E-state index contributed by atoms with van der Waals surface area (Å²) in [6, 6.07) is 12.9. The van der Waals surface area contributed by atoms with Crippen molar-refractivity contribution in [3.63, 3.8) is 0 Å². The summed E-state index contributed by atoms with van der Waals surface area (Å²) in [5, 5.41) is 12.3. The minimum Gasteiger partial charge on any atom is -0.396 e. The van der Waals surface area contributed by atoms with Gasteiger partial charge < -0.3 is 15.3 Å². The van der Waals surface area contributed by atoms with Crippen LogP contribution in [-0.2, 0) is 32.6 Å². The summed E-state index contributed by atoms with van der Waals surface area (Å²) < 4.78 is 27.3. The van der Waals surface area contributed by atoms with Crippen molar-refractivity contribution in [1.82, 2.24) is 14.9 Å². The lowest BCUT2D eigenvalue weighted by Gasteiger charge is -2.29. The number of amides is 2. The maximum Gasteiger partial charge on any atom is 0.242 e. The van der Waals surface area contributed by atoms with Gasteiger partial charge in [0.2, 0.25) is 21.8 Å². The molecule has 0 saturated heterocycles. The van der Waals surface area contributed by atoms with Gasteiger partial charge in [0, 0.05) is 37.2 Å². The van der Waals surface area contributed by atoms with E-state index in [0.29, 0.717) is 24.4 Å². The fraction of sp³-hybridized carbons (Fsp3) is 0.440. The number of hydrogen-bond donors (Lipinski definition) is 3. The van der Waals surface area contributed by atoms with Crippen molar-refractivity contribution in [3.05, 3.63) is 64.7 Å². The van der Waals surface area contributed by atoms with Crippen molar-refractivity contribution in [2.45, 2.75) is 62.6 Å². The fourth-order valence-corrected chi connectivity index (χ4v) is 4.96. The molecule has 1 aliphatic rings. The molecule has 2 amide bonds. The summed E-state index contributed by atoms with van der Waals surface area (Å²) in [5.74, 6) is -0.490. The highest BCUT2D eigenvalue weighted by Gasteiger charge is 2.28. The van der Waals surface area contributed by atoms with Crippen molar-refractivity contribution in [3.8, 4) is 0 Å². The number of aliphatic hydroxyl groups is 1. The van der Waals surface area contributed by atoms with E-state index in [0.717, 1.165) is 24.0 Å². The number of carbonyl (C=O) groups is 2. The number of aryl methyl sites for hydroxylation is 1. The Balaban J connectivity index is 1.65. The maximum absolute atomic E-state index is 13.2. The molecule has 1 fully saturated rings. The minimum atomic E-state index is -3.52. The summed E-state index contributed by atoms with van der Waals surface area (Å²) in [7, 11) is -3.52. The third-order valence-electron chi connectivity index (χ3n) is 5.83. The van der Waals surface area contributed by atoms with Gasteiger partial charge in [0.1, 0.15) is 6.04 Å². The first-order valence-corrected chi connectivity index (χ1v) is 13.6. The van der Waals surface area contributed by atoms with Gasteiger partial charge in [-0.25, -0.2) is 13.1 Å². The molecule has 10 heteroatoms. The van der Waals surface area contributed by atoms with E-state index in [1.54, 1.807) is 43.3 Å². The van der Waals surface area contributed by atoms with E-state index in [9.17, 15) is 18.0 Å². The van der Waals surface area contributed by atoms with Gasteiger partial charge in [0.25, 0.3) is 0 Å². The lowest BCUT2D eigenvalue weighted by Crippen LogP contribution is -2.48. The quantitative estimate of drug-likeness (QED) is 0.350. The molecule has 8 nitrogen and oxygen atoms in total. The predicted octanol–water partition coefficient (Wildman–Crippen LogP) is 2.63. The van der Waals surface area contributed by atoms with Gasteiger partial charge in [-0.05, 0) is 68.0 Å². The lowest BCUT2D eigenvalue weighted by atomic mass is 10.1. The predicted molar refractivity (Wildman–Crippen MR) is 134 cm³/mol. The summed E-state index contributed by atoms with van der Waals surface area (Å²) in [6.07, 6.45) is 2.73. The van der Waals surface area contributed by atoms with Crippen molar-refractivity contribution >= 4 is 33.4 Å². The molecular weight excluding hydrogens is 490 g/mol. The second kappa shape index (κ2) is 12.5. The summed E-state index contributed by atoms with van der Waals surface area (Å²) in [6.45, 7) is 2.22. The molecule has 2 aromatic rings. The van der Waals surface area contributed by atoms with Gasteiger partial charge in [-0.1, -0.05) is 35.9 Å². The first-order chi connectivity index (χ1) is 16.7. The number of halogens is 1. The normalized spacial score (nSPS) is 14.4. The molecule has 190 valence electrons. The highest BCUT2D eigenvalue weighted by atomic mass is 35.5. The monoisotopic (exact) mass is 521 g/mol. The third kappa shape index (κ3) is 8.31. The van der Waals surface area contributed by atoms with Gasteiger partial charge in [-0.2, -0.15) is 0 Å². The molecule has 1 atom stereocenters. The molecule has 0 spiro atoms. The van der Waals surface area contributed by atoms with Crippen LogP contribution in [0.5, 0.6) is 0 Å². The summed E-state index contributed by atoms with van der Waals surface area (Å²) >= 11 is 5.97. The van der Waals surface area contributed by atoms with Gasteiger partial charge in [0.15, 0.2) is 0 Å². The number of nitrogens with zero attached hydrogens (tertiary/aromatic N) is 1. The molecule has 2 aromatic carbocycles. The third-order valence-corrected chi connectivity index (χ3v) is 7.62. The number of nitrogens with one attached hydrogen (secondary N) is 2. The van der Waals surface area contributed by atoms with Crippen LogP contribution in [0.25, 0.3) is 0 Å².